The number of nitrogen functional groups attached to an aromatic ring is 3. The number of aromatic amines is 2. The predicted molar refractivity (Wildman–Crippen MR) is 230 cm³/mol. The molecule has 0 aliphatic carbocycles. The molecule has 9 heterocycles. The Morgan fingerprint density at radius 3 is 1.91 bits per heavy atom. The minimum atomic E-state index is -6.59. The first-order chi connectivity index (χ1) is 35.2. The zero-order valence-electron chi connectivity index (χ0n) is 37.8. The molecule has 16 atom stereocenters. The number of fused-ring (bicyclic) bond motifs is 3. The average Bonchev–Trinajstić information content (AvgIpc) is 4.17. The molecule has 0 spiro atoms. The van der Waals surface area contributed by atoms with Crippen molar-refractivity contribution in [3.63, 3.8) is 0 Å². The van der Waals surface area contributed by atoms with Gasteiger partial charge >= 0.3 is 5.65 Å². The van der Waals surface area contributed by atoms with Crippen LogP contribution in [0.5, 0.6) is 0 Å². The van der Waals surface area contributed by atoms with Gasteiger partial charge in [-0.2, -0.15) is 4.98 Å². The number of aryl methyl sites for hydroxylation is 1. The highest BCUT2D eigenvalue weighted by Crippen LogP contribution is 2.63. The van der Waals surface area contributed by atoms with Crippen LogP contribution in [0.4, 0.5) is 17.7 Å². The van der Waals surface area contributed by atoms with E-state index < -0.39 is 136 Å². The number of hydrogen-bond acceptors (Lipinski definition) is 33. The van der Waals surface area contributed by atoms with E-state index >= 15 is 0 Å². The van der Waals surface area contributed by atoms with Crippen LogP contribution < -0.4 is 52.5 Å². The number of imidazole rings is 3. The predicted octanol–water partition coefficient (Wildman–Crippen LogP) is -7.24. The SMILES string of the molecule is COC1C(OP(=O)([O-])OCC2OC(n3cnc4c(=O)[nH]c(N)nc43)C(O)C2O)C(COP(=O)([O-])OP(=O)([O-])OP(=O)([O-])OCC2OC([n+]3cn(C)c4c(=O)[nH]c(N)nc43)C(O)C2O)OC1n1cnc2c(N)ncnc21. The second-order valence-electron chi connectivity index (χ2n) is 16.4. The van der Waals surface area contributed by atoms with Gasteiger partial charge in [-0.25, -0.2) is 33.1 Å². The highest BCUT2D eigenvalue weighted by molar-refractivity contribution is 7.65. The topological polar surface area (TPSA) is 574 Å². The Labute approximate surface area is 414 Å². The van der Waals surface area contributed by atoms with E-state index in [4.69, 9.17) is 45.2 Å². The Bertz CT molecular complexity index is 3470. The maximum atomic E-state index is 13.5. The molecular formula is C32H40N15O24P4-3. The lowest BCUT2D eigenvalue weighted by atomic mass is 10.1. The number of nitrogens with one attached hydrogen (secondary N) is 2. The molecule has 12 N–H and O–H groups in total. The maximum Gasteiger partial charge on any atom is 0.313 e. The van der Waals surface area contributed by atoms with Gasteiger partial charge in [0.2, 0.25) is 17.7 Å². The first-order valence-corrected chi connectivity index (χ1v) is 26.9. The summed E-state index contributed by atoms with van der Waals surface area (Å²) in [5.41, 5.74) is 15.1. The average molecular weight is 1140 g/mol. The summed E-state index contributed by atoms with van der Waals surface area (Å²) in [5.74, 6) is -0.782. The third kappa shape index (κ3) is 10.9. The lowest BCUT2D eigenvalue weighted by Crippen LogP contribution is -2.46. The van der Waals surface area contributed by atoms with Crippen LogP contribution in [0.2, 0.25) is 0 Å². The quantitative estimate of drug-likeness (QED) is 0.0269. The summed E-state index contributed by atoms with van der Waals surface area (Å²) in [6, 6.07) is 0. The van der Waals surface area contributed by atoms with Crippen LogP contribution in [0.15, 0.2) is 34.9 Å². The molecule has 43 heteroatoms. The number of ether oxygens (including phenoxy) is 4. The minimum absolute atomic E-state index is 0.00984. The van der Waals surface area contributed by atoms with Gasteiger partial charge in [0.1, 0.15) is 66.8 Å². The molecule has 16 unspecified atom stereocenters. The van der Waals surface area contributed by atoms with Crippen molar-refractivity contribution in [2.75, 3.05) is 44.1 Å². The smallest absolute Gasteiger partial charge is 0.313 e. The molecule has 0 aromatic carbocycles. The Hall–Kier alpha value is -5.15. The van der Waals surface area contributed by atoms with E-state index in [1.54, 1.807) is 0 Å². The summed E-state index contributed by atoms with van der Waals surface area (Å²) < 4.78 is 106. The molecule has 75 heavy (non-hydrogen) atoms. The largest absolute Gasteiger partial charge is 0.756 e. The number of H-pyrrole nitrogens is 2. The molecule has 3 aliphatic rings. The van der Waals surface area contributed by atoms with E-state index in [2.05, 4.69) is 57.5 Å². The number of phosphoric ester groups is 3. The summed E-state index contributed by atoms with van der Waals surface area (Å²) in [6.07, 6.45) is -16.7. The van der Waals surface area contributed by atoms with Crippen LogP contribution in [0.25, 0.3) is 33.5 Å². The van der Waals surface area contributed by atoms with Crippen molar-refractivity contribution in [2.45, 2.75) is 73.6 Å². The van der Waals surface area contributed by atoms with Gasteiger partial charge in [-0.05, 0) is 0 Å². The van der Waals surface area contributed by atoms with Gasteiger partial charge in [-0.15, -0.1) is 0 Å². The van der Waals surface area contributed by atoms with Crippen LogP contribution >= 0.6 is 31.3 Å². The van der Waals surface area contributed by atoms with Gasteiger partial charge in [0.15, 0.2) is 41.4 Å². The van der Waals surface area contributed by atoms with E-state index in [0.29, 0.717) is 0 Å². The Morgan fingerprint density at radius 2 is 1.24 bits per heavy atom. The molecule has 410 valence electrons. The lowest BCUT2D eigenvalue weighted by molar-refractivity contribution is -0.745. The number of nitrogens with two attached hydrogens (primary N) is 3. The normalized spacial score (nSPS) is 30.5. The number of rotatable bonds is 19. The van der Waals surface area contributed by atoms with Gasteiger partial charge in [0.25, 0.3) is 48.4 Å². The van der Waals surface area contributed by atoms with Gasteiger partial charge in [0, 0.05) is 7.11 Å². The highest BCUT2D eigenvalue weighted by atomic mass is 31.3. The Morgan fingerprint density at radius 1 is 0.680 bits per heavy atom. The number of nitrogens with zero attached hydrogens (tertiary/aromatic N) is 10. The van der Waals surface area contributed by atoms with E-state index in [9.17, 15) is 67.8 Å². The molecule has 3 saturated heterocycles. The number of aliphatic hydroxyl groups is 4. The molecule has 3 aliphatic heterocycles. The van der Waals surface area contributed by atoms with Crippen molar-refractivity contribution in [1.82, 2.24) is 53.6 Å². The first-order valence-electron chi connectivity index (χ1n) is 21.1. The van der Waals surface area contributed by atoms with Crippen LogP contribution in [-0.4, -0.2) is 156 Å². The standard InChI is InChI=1S/C32H43N15O24P4/c1-44-9-47(25-15(44)27(53)43-32(35)41-25)29-19(51)17(49)11(67-29)4-64-73(56,57)70-75(60,61)71-74(58,59)65-5-12-20(21(62-2)30(68-12)45-7-38-13-22(33)36-6-37-23(13)45)69-72(54,55)63-3-10-16(48)18(50)28(66-10)46-8-39-14-24(46)40-31(34)42-26(14)52/h6-12,16-21,28-30,48-51H,3-5H2,1-2H3,(H11-,33,34,35,36,37,40,41,42,43,52,53,54,55,56,57,58,59,60,61)/p-3. The highest BCUT2D eigenvalue weighted by Gasteiger charge is 2.51. The van der Waals surface area contributed by atoms with Crippen LogP contribution in [0, 0.1) is 0 Å². The summed E-state index contributed by atoms with van der Waals surface area (Å²) in [7, 11) is -22.4. The second kappa shape index (κ2) is 20.3. The summed E-state index contributed by atoms with van der Waals surface area (Å²) in [4.78, 5) is 105. The van der Waals surface area contributed by atoms with Gasteiger partial charge < -0.3 is 94.2 Å². The molecule has 0 amide bonds. The van der Waals surface area contributed by atoms with E-state index in [0.717, 1.165) is 39.8 Å². The number of aromatic nitrogens is 12. The Balaban J connectivity index is 0.862. The minimum Gasteiger partial charge on any atom is -0.756 e. The van der Waals surface area contributed by atoms with Crippen molar-refractivity contribution in [2.24, 2.45) is 7.05 Å². The van der Waals surface area contributed by atoms with Gasteiger partial charge in [-0.1, -0.05) is 4.98 Å². The van der Waals surface area contributed by atoms with Crippen molar-refractivity contribution >= 4 is 82.5 Å². The molecule has 0 bridgehead atoms. The number of methoxy groups -OCH3 is 1. The fourth-order valence-electron chi connectivity index (χ4n) is 8.26. The second-order valence-corrected chi connectivity index (χ2v) is 22.3. The summed E-state index contributed by atoms with van der Waals surface area (Å²) in [6.45, 7) is -3.73. The summed E-state index contributed by atoms with van der Waals surface area (Å²) >= 11 is 0. The van der Waals surface area contributed by atoms with E-state index in [1.807, 2.05) is 0 Å². The number of hydrogen-bond donors (Lipinski definition) is 9. The molecule has 3 fully saturated rings. The fourth-order valence-corrected chi connectivity index (χ4v) is 12.6. The third-order valence-electron chi connectivity index (χ3n) is 11.5. The van der Waals surface area contributed by atoms with Crippen molar-refractivity contribution in [3.05, 3.63) is 46.0 Å². The number of anilines is 3. The first kappa shape index (κ1) is 54.6. The van der Waals surface area contributed by atoms with Crippen LogP contribution in [0.1, 0.15) is 18.7 Å². The van der Waals surface area contributed by atoms with Crippen LogP contribution in [0.3, 0.4) is 0 Å². The summed E-state index contributed by atoms with van der Waals surface area (Å²) in [5, 5.41) is 43.0. The molecule has 9 rings (SSSR count). The van der Waals surface area contributed by atoms with Crippen LogP contribution in [-0.2, 0) is 71.0 Å². The van der Waals surface area contributed by atoms with Crippen molar-refractivity contribution in [3.8, 4) is 0 Å². The van der Waals surface area contributed by atoms with Crippen molar-refractivity contribution in [1.29, 1.82) is 0 Å². The molecule has 0 radical (unpaired) electrons. The zero-order chi connectivity index (χ0) is 54.3. The molecule has 39 nitrogen and oxygen atoms in total. The third-order valence-corrected chi connectivity index (χ3v) is 16.6. The molecule has 0 saturated carbocycles. The lowest BCUT2D eigenvalue weighted by Gasteiger charge is -2.35. The zero-order valence-corrected chi connectivity index (χ0v) is 41.4. The number of aliphatic hydroxyl groups excluding tert-OH is 4. The molecule has 6 aromatic rings. The molecular weight excluding hydrogens is 1100 g/mol. The van der Waals surface area contributed by atoms with Gasteiger partial charge in [-0.3, -0.25) is 51.5 Å². The number of phosphoric acid groups is 4. The monoisotopic (exact) mass is 1140 g/mol. The van der Waals surface area contributed by atoms with E-state index in [-0.39, 0.29) is 51.2 Å². The van der Waals surface area contributed by atoms with Gasteiger partial charge in [0.05, 0.1) is 39.5 Å². The van der Waals surface area contributed by atoms with Crippen molar-refractivity contribution < 1.29 is 108 Å². The molecule has 6 aromatic heterocycles. The maximum absolute atomic E-state index is 13.5. The fraction of sp³-hybridized carbons (Fsp3) is 0.531. The Kier molecular flexibility index (Phi) is 14.8. The van der Waals surface area contributed by atoms with E-state index in [1.165, 1.54) is 17.9 Å².